The summed E-state index contributed by atoms with van der Waals surface area (Å²) in [5.74, 6) is -0.610. The van der Waals surface area contributed by atoms with Crippen molar-refractivity contribution in [1.29, 1.82) is 0 Å². The molecule has 1 aliphatic carbocycles. The minimum Gasteiger partial charge on any atom is -0.452 e. The number of aromatic nitrogens is 1. The maximum atomic E-state index is 13.2. The fourth-order valence-electron chi connectivity index (χ4n) is 4.66. The van der Waals surface area contributed by atoms with E-state index in [1.165, 1.54) is 0 Å². The third-order valence-corrected chi connectivity index (χ3v) is 6.51. The number of ketones is 1. The number of hydrogen-bond acceptors (Lipinski definition) is 5. The highest BCUT2D eigenvalue weighted by molar-refractivity contribution is 6.09. The predicted octanol–water partition coefficient (Wildman–Crippen LogP) is 5.39. The fraction of sp³-hybridized carbons (Fsp3) is 0.200. The number of amides is 1. The lowest BCUT2D eigenvalue weighted by Crippen LogP contribution is -2.23. The van der Waals surface area contributed by atoms with Gasteiger partial charge in [-0.2, -0.15) is 0 Å². The van der Waals surface area contributed by atoms with Crippen molar-refractivity contribution in [1.82, 2.24) is 4.98 Å². The van der Waals surface area contributed by atoms with E-state index in [-0.39, 0.29) is 5.78 Å². The highest BCUT2D eigenvalue weighted by Crippen LogP contribution is 2.32. The van der Waals surface area contributed by atoms with Crippen LogP contribution < -0.4 is 5.32 Å². The van der Waals surface area contributed by atoms with Crippen LogP contribution >= 0.6 is 0 Å². The van der Waals surface area contributed by atoms with Crippen molar-refractivity contribution in [2.75, 3.05) is 11.9 Å². The lowest BCUT2D eigenvalue weighted by Gasteiger charge is -2.24. The second-order valence-corrected chi connectivity index (χ2v) is 9.17. The Kier molecular flexibility index (Phi) is 6.58. The number of rotatable bonds is 6. The van der Waals surface area contributed by atoms with Crippen molar-refractivity contribution in [3.63, 3.8) is 0 Å². The first kappa shape index (κ1) is 23.4. The van der Waals surface area contributed by atoms with Gasteiger partial charge >= 0.3 is 5.97 Å². The molecule has 1 amide bonds. The molecule has 36 heavy (non-hydrogen) atoms. The summed E-state index contributed by atoms with van der Waals surface area (Å²) in [6.07, 6.45) is 2.62. The van der Waals surface area contributed by atoms with Crippen molar-refractivity contribution in [2.24, 2.45) is 5.92 Å². The maximum absolute atomic E-state index is 13.2. The number of esters is 1. The summed E-state index contributed by atoms with van der Waals surface area (Å²) < 4.78 is 5.46. The standard InChI is InChI=1S/C30H26N2O4/c1-19-11-16-26-24(17-19)28(23-9-5-6-10-25(23)32-26)30(35)36-18-27(33)31-22-14-12-21(13-15-22)29(34)20-7-3-2-4-8-20/h2-10,12-15,19H,11,16-18H2,1H3,(H,31,33). The molecule has 1 heterocycles. The van der Waals surface area contributed by atoms with E-state index >= 15 is 0 Å². The molecule has 6 nitrogen and oxygen atoms in total. The molecule has 1 N–H and O–H groups in total. The molecule has 0 saturated carbocycles. The molecule has 4 aromatic rings. The molecule has 1 atom stereocenters. The maximum Gasteiger partial charge on any atom is 0.339 e. The van der Waals surface area contributed by atoms with Gasteiger partial charge in [-0.3, -0.25) is 14.6 Å². The zero-order valence-corrected chi connectivity index (χ0v) is 20.0. The second kappa shape index (κ2) is 10.1. The zero-order valence-electron chi connectivity index (χ0n) is 20.0. The van der Waals surface area contributed by atoms with Gasteiger partial charge in [0.15, 0.2) is 12.4 Å². The first-order chi connectivity index (χ1) is 17.5. The Morgan fingerprint density at radius 1 is 0.917 bits per heavy atom. The van der Waals surface area contributed by atoms with Crippen molar-refractivity contribution in [3.8, 4) is 0 Å². The normalized spacial score (nSPS) is 14.6. The van der Waals surface area contributed by atoms with Crippen LogP contribution in [0.3, 0.4) is 0 Å². The first-order valence-electron chi connectivity index (χ1n) is 12.1. The third-order valence-electron chi connectivity index (χ3n) is 6.51. The van der Waals surface area contributed by atoms with E-state index in [1.807, 2.05) is 42.5 Å². The fourth-order valence-corrected chi connectivity index (χ4v) is 4.66. The number of carbonyl (C=O) groups excluding carboxylic acids is 3. The van der Waals surface area contributed by atoms with Crippen molar-refractivity contribution in [3.05, 3.63) is 107 Å². The van der Waals surface area contributed by atoms with Crippen LogP contribution in [0, 0.1) is 5.92 Å². The average Bonchev–Trinajstić information content (AvgIpc) is 2.91. The van der Waals surface area contributed by atoms with E-state index in [0.717, 1.165) is 41.4 Å². The number of aryl methyl sites for hydroxylation is 1. The highest BCUT2D eigenvalue weighted by atomic mass is 16.5. The van der Waals surface area contributed by atoms with Gasteiger partial charge in [-0.1, -0.05) is 55.5 Å². The molecule has 180 valence electrons. The quantitative estimate of drug-likeness (QED) is 0.297. The van der Waals surface area contributed by atoms with Crippen LogP contribution in [0.25, 0.3) is 10.9 Å². The Balaban J connectivity index is 1.27. The van der Waals surface area contributed by atoms with E-state index in [0.29, 0.717) is 28.3 Å². The topological polar surface area (TPSA) is 85.4 Å². The van der Waals surface area contributed by atoms with Gasteiger partial charge in [0.2, 0.25) is 0 Å². The summed E-state index contributed by atoms with van der Waals surface area (Å²) in [7, 11) is 0. The van der Waals surface area contributed by atoms with Crippen LogP contribution in [0.1, 0.15) is 50.9 Å². The molecule has 1 aliphatic rings. The largest absolute Gasteiger partial charge is 0.452 e. The molecule has 0 spiro atoms. The Labute approximate surface area is 209 Å². The number of pyridine rings is 1. The van der Waals surface area contributed by atoms with E-state index in [1.54, 1.807) is 36.4 Å². The Morgan fingerprint density at radius 2 is 1.61 bits per heavy atom. The first-order valence-corrected chi connectivity index (χ1v) is 12.1. The average molecular weight is 479 g/mol. The monoisotopic (exact) mass is 478 g/mol. The minimum absolute atomic E-state index is 0.0929. The van der Waals surface area contributed by atoms with Gasteiger partial charge in [-0.15, -0.1) is 0 Å². The number of nitrogens with one attached hydrogen (secondary N) is 1. The molecule has 0 fully saturated rings. The number of para-hydroxylation sites is 1. The minimum atomic E-state index is -0.516. The molecular formula is C30H26N2O4. The van der Waals surface area contributed by atoms with Gasteiger partial charge in [0.05, 0.1) is 11.1 Å². The van der Waals surface area contributed by atoms with Gasteiger partial charge < -0.3 is 10.1 Å². The van der Waals surface area contributed by atoms with Gasteiger partial charge in [0.1, 0.15) is 0 Å². The summed E-state index contributed by atoms with van der Waals surface area (Å²) in [5, 5.41) is 3.47. The van der Waals surface area contributed by atoms with Gasteiger partial charge in [-0.25, -0.2) is 4.79 Å². The summed E-state index contributed by atoms with van der Waals surface area (Å²) in [6, 6.07) is 23.2. The number of benzene rings is 3. The van der Waals surface area contributed by atoms with E-state index in [9.17, 15) is 14.4 Å². The number of ether oxygens (including phenoxy) is 1. The molecule has 0 aliphatic heterocycles. The molecule has 5 rings (SSSR count). The lowest BCUT2D eigenvalue weighted by atomic mass is 9.84. The molecule has 6 heteroatoms. The van der Waals surface area contributed by atoms with Crippen LogP contribution in [0.5, 0.6) is 0 Å². The smallest absolute Gasteiger partial charge is 0.339 e. The number of carbonyl (C=O) groups is 3. The summed E-state index contributed by atoms with van der Waals surface area (Å²) in [5.41, 5.74) is 4.77. The number of anilines is 1. The number of fused-ring (bicyclic) bond motifs is 2. The second-order valence-electron chi connectivity index (χ2n) is 9.17. The van der Waals surface area contributed by atoms with Crippen LogP contribution in [-0.2, 0) is 22.4 Å². The predicted molar refractivity (Wildman–Crippen MR) is 138 cm³/mol. The molecule has 1 unspecified atom stereocenters. The van der Waals surface area contributed by atoms with Crippen molar-refractivity contribution >= 4 is 34.3 Å². The summed E-state index contributed by atoms with van der Waals surface area (Å²) >= 11 is 0. The van der Waals surface area contributed by atoms with Crippen LogP contribution in [-0.4, -0.2) is 29.3 Å². The lowest BCUT2D eigenvalue weighted by molar-refractivity contribution is -0.119. The van der Waals surface area contributed by atoms with E-state index in [2.05, 4.69) is 12.2 Å². The van der Waals surface area contributed by atoms with Crippen LogP contribution in [0.15, 0.2) is 78.9 Å². The Morgan fingerprint density at radius 3 is 2.39 bits per heavy atom. The van der Waals surface area contributed by atoms with Crippen LogP contribution in [0.2, 0.25) is 0 Å². The molecule has 0 bridgehead atoms. The Bertz CT molecular complexity index is 1450. The van der Waals surface area contributed by atoms with E-state index < -0.39 is 18.5 Å². The number of hydrogen-bond donors (Lipinski definition) is 1. The van der Waals surface area contributed by atoms with Gasteiger partial charge in [0.25, 0.3) is 5.91 Å². The molecule has 0 radical (unpaired) electrons. The van der Waals surface area contributed by atoms with Crippen molar-refractivity contribution < 1.29 is 19.1 Å². The number of nitrogens with zero attached hydrogens (tertiary/aromatic N) is 1. The van der Waals surface area contributed by atoms with Crippen LogP contribution in [0.4, 0.5) is 5.69 Å². The van der Waals surface area contributed by atoms with E-state index in [4.69, 9.17) is 9.72 Å². The molecular weight excluding hydrogens is 452 g/mol. The summed E-state index contributed by atoms with van der Waals surface area (Å²) in [6.45, 7) is 1.75. The molecule has 0 saturated heterocycles. The van der Waals surface area contributed by atoms with Gasteiger partial charge in [-0.05, 0) is 61.1 Å². The van der Waals surface area contributed by atoms with Gasteiger partial charge in [0, 0.05) is 27.9 Å². The SMILES string of the molecule is CC1CCc2nc3ccccc3c(C(=O)OCC(=O)Nc3ccc(C(=O)c4ccccc4)cc3)c2C1. The molecule has 1 aromatic heterocycles. The Hall–Kier alpha value is -4.32. The third kappa shape index (κ3) is 4.89. The highest BCUT2D eigenvalue weighted by Gasteiger charge is 2.26. The van der Waals surface area contributed by atoms with Crippen molar-refractivity contribution in [2.45, 2.75) is 26.2 Å². The molecule has 3 aromatic carbocycles. The zero-order chi connectivity index (χ0) is 25.1. The summed E-state index contributed by atoms with van der Waals surface area (Å²) in [4.78, 5) is 43.0.